The number of hydrogen-bond donors (Lipinski definition) is 0. The van der Waals surface area contributed by atoms with Gasteiger partial charge in [-0.05, 0) is 33.1 Å². The maximum atomic E-state index is 11.8. The van der Waals surface area contributed by atoms with Crippen molar-refractivity contribution >= 4 is 6.29 Å². The van der Waals surface area contributed by atoms with Gasteiger partial charge in [-0.1, -0.05) is 26.2 Å². The first-order valence-electron chi connectivity index (χ1n) is 8.58. The van der Waals surface area contributed by atoms with Gasteiger partial charge in [-0.25, -0.2) is 0 Å². The van der Waals surface area contributed by atoms with E-state index in [9.17, 15) is 4.79 Å². The van der Waals surface area contributed by atoms with Crippen LogP contribution in [-0.4, -0.2) is 37.5 Å². The average Bonchev–Trinajstić information content (AvgIpc) is 3.03. The van der Waals surface area contributed by atoms with Crippen molar-refractivity contribution in [3.05, 3.63) is 0 Å². The Morgan fingerprint density at radius 3 is 2.52 bits per heavy atom. The van der Waals surface area contributed by atoms with E-state index in [0.29, 0.717) is 13.2 Å². The molecule has 0 aromatic heterocycles. The van der Waals surface area contributed by atoms with Crippen LogP contribution >= 0.6 is 0 Å². The molecule has 2 aliphatic heterocycles. The van der Waals surface area contributed by atoms with Crippen LogP contribution in [0.3, 0.4) is 0 Å². The van der Waals surface area contributed by atoms with Crippen LogP contribution in [0.1, 0.15) is 59.3 Å². The van der Waals surface area contributed by atoms with E-state index in [1.54, 1.807) is 0 Å². The van der Waals surface area contributed by atoms with Crippen LogP contribution in [0.2, 0.25) is 0 Å². The molecule has 2 heterocycles. The molecule has 0 radical (unpaired) electrons. The number of ether oxygens (including phenoxy) is 3. The zero-order chi connectivity index (χ0) is 15.3. The Balaban J connectivity index is 2.11. The predicted octanol–water partition coefficient (Wildman–Crippen LogP) is 3.33. The lowest BCUT2D eigenvalue weighted by atomic mass is 9.70. The summed E-state index contributed by atoms with van der Waals surface area (Å²) in [7, 11) is 0. The third kappa shape index (κ3) is 3.33. The van der Waals surface area contributed by atoms with Crippen LogP contribution < -0.4 is 0 Å². The number of unbranched alkanes of at least 4 members (excludes halogenated alkanes) is 2. The van der Waals surface area contributed by atoms with E-state index in [0.717, 1.165) is 32.0 Å². The number of fused-ring (bicyclic) bond motifs is 2. The second-order valence-corrected chi connectivity index (χ2v) is 6.24. The molecule has 2 fully saturated rings. The normalized spacial score (nSPS) is 34.8. The van der Waals surface area contributed by atoms with E-state index in [-0.39, 0.29) is 29.8 Å². The fourth-order valence-corrected chi connectivity index (χ4v) is 4.09. The fourth-order valence-electron chi connectivity index (χ4n) is 4.09. The molecule has 0 unspecified atom stereocenters. The fraction of sp³-hybridized carbons (Fsp3) is 0.941. The number of hydrogen-bond acceptors (Lipinski definition) is 4. The lowest BCUT2D eigenvalue weighted by Crippen LogP contribution is -2.45. The molecule has 2 rings (SSSR count). The predicted molar refractivity (Wildman–Crippen MR) is 81.1 cm³/mol. The quantitative estimate of drug-likeness (QED) is 0.352. The number of rotatable bonds is 10. The maximum Gasteiger partial charge on any atom is 0.163 e. The van der Waals surface area contributed by atoms with Crippen molar-refractivity contribution in [2.45, 2.75) is 77.3 Å². The van der Waals surface area contributed by atoms with Crippen LogP contribution in [0, 0.1) is 11.8 Å². The molecule has 4 atom stereocenters. The highest BCUT2D eigenvalue weighted by Gasteiger charge is 2.61. The Morgan fingerprint density at radius 2 is 1.95 bits per heavy atom. The van der Waals surface area contributed by atoms with Gasteiger partial charge in [0.25, 0.3) is 0 Å². The second kappa shape index (κ2) is 7.70. The van der Waals surface area contributed by atoms with E-state index >= 15 is 0 Å². The zero-order valence-electron chi connectivity index (χ0n) is 13.7. The molecule has 2 bridgehead atoms. The van der Waals surface area contributed by atoms with Crippen LogP contribution in [0.25, 0.3) is 0 Å². The van der Waals surface area contributed by atoms with Gasteiger partial charge in [0.1, 0.15) is 6.29 Å². The van der Waals surface area contributed by atoms with Crippen molar-refractivity contribution in [2.24, 2.45) is 11.8 Å². The summed E-state index contributed by atoms with van der Waals surface area (Å²) >= 11 is 0. The minimum absolute atomic E-state index is 0.0535. The van der Waals surface area contributed by atoms with E-state index in [4.69, 9.17) is 14.2 Å². The Kier molecular flexibility index (Phi) is 6.20. The molecule has 0 amide bonds. The minimum atomic E-state index is -0.312. The highest BCUT2D eigenvalue weighted by molar-refractivity contribution is 5.58. The molecule has 122 valence electrons. The Hall–Kier alpha value is -0.450. The molecule has 0 aromatic carbocycles. The van der Waals surface area contributed by atoms with Crippen LogP contribution in [-0.2, 0) is 19.0 Å². The van der Waals surface area contributed by atoms with Gasteiger partial charge in [0.2, 0.25) is 0 Å². The number of aldehydes is 1. The standard InChI is InChI=1S/C17H30O4/c1-4-7-8-10-17-11-9-14(21-17)15(13(17)12-18)16(19-5-2)20-6-3/h12-16H,4-11H2,1-3H3/t13-,14+,15+,17-/m1/s1. The summed E-state index contributed by atoms with van der Waals surface area (Å²) < 4.78 is 17.8. The first kappa shape index (κ1) is 16.9. The smallest absolute Gasteiger partial charge is 0.163 e. The summed E-state index contributed by atoms with van der Waals surface area (Å²) in [5.74, 6) is -0.0333. The van der Waals surface area contributed by atoms with Gasteiger partial charge in [-0.3, -0.25) is 0 Å². The molecule has 2 saturated heterocycles. The Bertz CT molecular complexity index is 327. The summed E-state index contributed by atoms with van der Waals surface area (Å²) in [4.78, 5) is 11.8. The summed E-state index contributed by atoms with van der Waals surface area (Å²) in [6.07, 6.45) is 7.45. The molecule has 2 aliphatic rings. The van der Waals surface area contributed by atoms with Crippen molar-refractivity contribution < 1.29 is 19.0 Å². The lowest BCUT2D eigenvalue weighted by molar-refractivity contribution is -0.183. The summed E-state index contributed by atoms with van der Waals surface area (Å²) in [5, 5.41) is 0. The van der Waals surface area contributed by atoms with Crippen LogP contribution in [0.4, 0.5) is 0 Å². The van der Waals surface area contributed by atoms with Gasteiger partial charge in [0, 0.05) is 19.1 Å². The highest BCUT2D eigenvalue weighted by atomic mass is 16.7. The molecule has 0 aliphatic carbocycles. The van der Waals surface area contributed by atoms with Crippen molar-refractivity contribution in [1.29, 1.82) is 0 Å². The molecule has 4 nitrogen and oxygen atoms in total. The minimum Gasteiger partial charge on any atom is -0.370 e. The van der Waals surface area contributed by atoms with Crippen LogP contribution in [0.15, 0.2) is 0 Å². The summed E-state index contributed by atoms with van der Waals surface area (Å²) in [6, 6.07) is 0. The van der Waals surface area contributed by atoms with E-state index in [1.165, 1.54) is 12.8 Å². The third-order valence-electron chi connectivity index (χ3n) is 5.02. The average molecular weight is 298 g/mol. The molecular formula is C17H30O4. The first-order chi connectivity index (χ1) is 10.2. The van der Waals surface area contributed by atoms with Gasteiger partial charge in [-0.15, -0.1) is 0 Å². The molecule has 0 spiro atoms. The SMILES string of the molecule is CCCCC[C@]12CC[C@H](O1)[C@@H](C(OCC)OCC)[C@H]2C=O. The second-order valence-electron chi connectivity index (χ2n) is 6.24. The van der Waals surface area contributed by atoms with Crippen LogP contribution in [0.5, 0.6) is 0 Å². The summed E-state index contributed by atoms with van der Waals surface area (Å²) in [6.45, 7) is 7.33. The van der Waals surface area contributed by atoms with E-state index in [2.05, 4.69) is 6.92 Å². The number of carbonyl (C=O) groups excluding carboxylic acids is 1. The molecule has 0 saturated carbocycles. The van der Waals surface area contributed by atoms with Gasteiger partial charge in [-0.2, -0.15) is 0 Å². The van der Waals surface area contributed by atoms with Gasteiger partial charge < -0.3 is 19.0 Å². The van der Waals surface area contributed by atoms with E-state index < -0.39 is 0 Å². The van der Waals surface area contributed by atoms with Gasteiger partial charge >= 0.3 is 0 Å². The molecule has 0 aromatic rings. The van der Waals surface area contributed by atoms with Crippen molar-refractivity contribution in [2.75, 3.05) is 13.2 Å². The highest BCUT2D eigenvalue weighted by Crippen LogP contribution is 2.54. The van der Waals surface area contributed by atoms with Crippen molar-refractivity contribution in [3.63, 3.8) is 0 Å². The maximum absolute atomic E-state index is 11.8. The monoisotopic (exact) mass is 298 g/mol. The largest absolute Gasteiger partial charge is 0.370 e. The molecule has 0 N–H and O–H groups in total. The molecular weight excluding hydrogens is 268 g/mol. The topological polar surface area (TPSA) is 44.8 Å². The number of carbonyl (C=O) groups is 1. The molecule has 4 heteroatoms. The zero-order valence-corrected chi connectivity index (χ0v) is 13.7. The van der Waals surface area contributed by atoms with E-state index in [1.807, 2.05) is 13.8 Å². The lowest BCUT2D eigenvalue weighted by Gasteiger charge is -2.36. The molecule has 21 heavy (non-hydrogen) atoms. The van der Waals surface area contributed by atoms with Crippen molar-refractivity contribution in [3.8, 4) is 0 Å². The summed E-state index contributed by atoms with van der Waals surface area (Å²) in [5.41, 5.74) is -0.251. The van der Waals surface area contributed by atoms with Gasteiger partial charge in [0.05, 0.1) is 17.6 Å². The van der Waals surface area contributed by atoms with Gasteiger partial charge in [0.15, 0.2) is 6.29 Å². The van der Waals surface area contributed by atoms with Crippen molar-refractivity contribution in [1.82, 2.24) is 0 Å². The third-order valence-corrected chi connectivity index (χ3v) is 5.02. The Morgan fingerprint density at radius 1 is 1.24 bits per heavy atom. The first-order valence-corrected chi connectivity index (χ1v) is 8.58. The Labute approximate surface area is 128 Å².